The minimum Gasteiger partial charge on any atom is -0.496 e. The number of methoxy groups -OCH3 is 1. The Balaban J connectivity index is 2.37. The van der Waals surface area contributed by atoms with Gasteiger partial charge in [-0.1, -0.05) is 29.8 Å². The Morgan fingerprint density at radius 2 is 2.12 bits per heavy atom. The summed E-state index contributed by atoms with van der Waals surface area (Å²) in [5.74, 6) is 1.70. The van der Waals surface area contributed by atoms with Gasteiger partial charge in [0.2, 0.25) is 0 Å². The third kappa shape index (κ3) is 5.55. The lowest BCUT2D eigenvalue weighted by atomic mass is 10.1. The molecule has 0 unspecified atom stereocenters. The first-order valence-electron chi connectivity index (χ1n) is 6.16. The fraction of sp³-hybridized carbons (Fsp3) is 0.571. The van der Waals surface area contributed by atoms with Crippen LogP contribution < -0.4 is 10.1 Å². The van der Waals surface area contributed by atoms with E-state index in [2.05, 4.69) is 41.2 Å². The topological polar surface area (TPSA) is 21.3 Å². The highest BCUT2D eigenvalue weighted by Crippen LogP contribution is 2.23. The Bertz CT molecular complexity index is 339. The van der Waals surface area contributed by atoms with E-state index < -0.39 is 0 Å². The van der Waals surface area contributed by atoms with Crippen LogP contribution in [0.25, 0.3) is 0 Å². The maximum absolute atomic E-state index is 5.35. The van der Waals surface area contributed by atoms with Crippen molar-refractivity contribution >= 4 is 15.9 Å². The van der Waals surface area contributed by atoms with Gasteiger partial charge in [0.1, 0.15) is 5.75 Å². The minimum atomic E-state index is 0.718. The van der Waals surface area contributed by atoms with Crippen molar-refractivity contribution in [3.63, 3.8) is 0 Å². The molecule has 17 heavy (non-hydrogen) atoms. The Labute approximate surface area is 113 Å². The third-order valence-electron chi connectivity index (χ3n) is 2.59. The molecule has 0 aliphatic carbocycles. The summed E-state index contributed by atoms with van der Waals surface area (Å²) in [6, 6.07) is 6.17. The quantitative estimate of drug-likeness (QED) is 0.776. The number of benzene rings is 1. The molecular weight excluding hydrogens is 278 g/mol. The smallest absolute Gasteiger partial charge is 0.122 e. The monoisotopic (exact) mass is 299 g/mol. The van der Waals surface area contributed by atoms with Crippen molar-refractivity contribution in [1.29, 1.82) is 0 Å². The summed E-state index contributed by atoms with van der Waals surface area (Å²) >= 11 is 3.50. The summed E-state index contributed by atoms with van der Waals surface area (Å²) in [5, 5.41) is 3.45. The van der Waals surface area contributed by atoms with Crippen molar-refractivity contribution < 1.29 is 4.74 Å². The van der Waals surface area contributed by atoms with Gasteiger partial charge in [-0.3, -0.25) is 0 Å². The number of hydrogen-bond donors (Lipinski definition) is 1. The van der Waals surface area contributed by atoms with Crippen LogP contribution >= 0.6 is 15.9 Å². The van der Waals surface area contributed by atoms with Gasteiger partial charge in [-0.25, -0.2) is 0 Å². The molecule has 0 atom stereocenters. The molecule has 0 aromatic heterocycles. The van der Waals surface area contributed by atoms with Crippen LogP contribution in [0.2, 0.25) is 0 Å². The van der Waals surface area contributed by atoms with Crippen molar-refractivity contribution in [3.05, 3.63) is 28.2 Å². The number of nitrogens with one attached hydrogen (secondary N) is 1. The summed E-state index contributed by atoms with van der Waals surface area (Å²) in [5.41, 5.74) is 1.27. The van der Waals surface area contributed by atoms with Gasteiger partial charge in [-0.15, -0.1) is 0 Å². The summed E-state index contributed by atoms with van der Waals surface area (Å²) in [6.45, 7) is 6.61. The molecule has 0 spiro atoms. The zero-order valence-electron chi connectivity index (χ0n) is 10.9. The fourth-order valence-corrected chi connectivity index (χ4v) is 2.15. The van der Waals surface area contributed by atoms with Crippen molar-refractivity contribution in [2.24, 2.45) is 5.92 Å². The zero-order chi connectivity index (χ0) is 12.7. The normalized spacial score (nSPS) is 10.9. The predicted molar refractivity (Wildman–Crippen MR) is 76.7 cm³/mol. The maximum atomic E-state index is 5.35. The van der Waals surface area contributed by atoms with E-state index in [-0.39, 0.29) is 0 Å². The van der Waals surface area contributed by atoms with Gasteiger partial charge in [0.05, 0.1) is 7.11 Å². The standard InChI is InChI=1S/C14H22BrNO/c1-11(2)10-16-8-4-5-12-9-13(15)6-7-14(12)17-3/h6-7,9,11,16H,4-5,8,10H2,1-3H3. The van der Waals surface area contributed by atoms with Gasteiger partial charge >= 0.3 is 0 Å². The molecule has 3 heteroatoms. The third-order valence-corrected chi connectivity index (χ3v) is 3.09. The van der Waals surface area contributed by atoms with Crippen molar-refractivity contribution in [3.8, 4) is 5.75 Å². The average Bonchev–Trinajstić information content (AvgIpc) is 2.28. The van der Waals surface area contributed by atoms with E-state index in [1.165, 1.54) is 5.56 Å². The van der Waals surface area contributed by atoms with Crippen molar-refractivity contribution in [2.75, 3.05) is 20.2 Å². The van der Waals surface area contributed by atoms with E-state index >= 15 is 0 Å². The van der Waals surface area contributed by atoms with Crippen LogP contribution in [0, 0.1) is 5.92 Å². The summed E-state index contributed by atoms with van der Waals surface area (Å²) < 4.78 is 6.47. The number of ether oxygens (including phenoxy) is 1. The van der Waals surface area contributed by atoms with Crippen LogP contribution in [0.15, 0.2) is 22.7 Å². The lowest BCUT2D eigenvalue weighted by molar-refractivity contribution is 0.408. The van der Waals surface area contributed by atoms with Gasteiger partial charge in [-0.05, 0) is 55.6 Å². The van der Waals surface area contributed by atoms with Crippen LogP contribution in [0.4, 0.5) is 0 Å². The molecule has 0 heterocycles. The number of aryl methyl sites for hydroxylation is 1. The second kappa shape index (κ2) is 7.72. The Morgan fingerprint density at radius 3 is 2.76 bits per heavy atom. The first-order chi connectivity index (χ1) is 8.13. The molecule has 0 aliphatic rings. The predicted octanol–water partition coefficient (Wildman–Crippen LogP) is 3.64. The van der Waals surface area contributed by atoms with Crippen LogP contribution in [-0.4, -0.2) is 20.2 Å². The minimum absolute atomic E-state index is 0.718. The van der Waals surface area contributed by atoms with E-state index in [1.54, 1.807) is 7.11 Å². The highest BCUT2D eigenvalue weighted by molar-refractivity contribution is 9.10. The molecule has 1 N–H and O–H groups in total. The van der Waals surface area contributed by atoms with E-state index in [0.717, 1.165) is 42.1 Å². The molecule has 0 bridgehead atoms. The molecule has 0 fully saturated rings. The molecule has 1 rings (SSSR count). The maximum Gasteiger partial charge on any atom is 0.122 e. The number of rotatable bonds is 7. The summed E-state index contributed by atoms with van der Waals surface area (Å²) in [4.78, 5) is 0. The van der Waals surface area contributed by atoms with Crippen molar-refractivity contribution in [2.45, 2.75) is 26.7 Å². The molecule has 0 saturated heterocycles. The Hall–Kier alpha value is -0.540. The van der Waals surface area contributed by atoms with Gasteiger partial charge in [-0.2, -0.15) is 0 Å². The lowest BCUT2D eigenvalue weighted by Crippen LogP contribution is -2.21. The first kappa shape index (κ1) is 14.5. The lowest BCUT2D eigenvalue weighted by Gasteiger charge is -2.10. The number of hydrogen-bond acceptors (Lipinski definition) is 2. The van der Waals surface area contributed by atoms with Crippen LogP contribution in [-0.2, 0) is 6.42 Å². The summed E-state index contributed by atoms with van der Waals surface area (Å²) in [6.07, 6.45) is 2.19. The van der Waals surface area contributed by atoms with Gasteiger partial charge < -0.3 is 10.1 Å². The van der Waals surface area contributed by atoms with Gasteiger partial charge in [0.15, 0.2) is 0 Å². The average molecular weight is 300 g/mol. The van der Waals surface area contributed by atoms with Gasteiger partial charge in [0.25, 0.3) is 0 Å². The molecule has 1 aromatic rings. The Kier molecular flexibility index (Phi) is 6.60. The second-order valence-electron chi connectivity index (χ2n) is 4.66. The Morgan fingerprint density at radius 1 is 1.35 bits per heavy atom. The van der Waals surface area contributed by atoms with E-state index in [0.29, 0.717) is 0 Å². The zero-order valence-corrected chi connectivity index (χ0v) is 12.5. The molecule has 1 aromatic carbocycles. The highest BCUT2D eigenvalue weighted by Gasteiger charge is 2.03. The first-order valence-corrected chi connectivity index (χ1v) is 6.96. The van der Waals surface area contributed by atoms with E-state index in [9.17, 15) is 0 Å². The fourth-order valence-electron chi connectivity index (χ4n) is 1.74. The van der Waals surface area contributed by atoms with E-state index in [4.69, 9.17) is 4.74 Å². The summed E-state index contributed by atoms with van der Waals surface area (Å²) in [7, 11) is 1.73. The van der Waals surface area contributed by atoms with Gasteiger partial charge in [0, 0.05) is 4.47 Å². The van der Waals surface area contributed by atoms with E-state index in [1.807, 2.05) is 12.1 Å². The molecule has 0 radical (unpaired) electrons. The SMILES string of the molecule is COc1ccc(Br)cc1CCCNCC(C)C. The molecule has 0 amide bonds. The van der Waals surface area contributed by atoms with Crippen LogP contribution in [0.3, 0.4) is 0 Å². The molecular formula is C14H22BrNO. The second-order valence-corrected chi connectivity index (χ2v) is 5.57. The molecule has 96 valence electrons. The van der Waals surface area contributed by atoms with Crippen LogP contribution in [0.1, 0.15) is 25.8 Å². The largest absolute Gasteiger partial charge is 0.496 e. The van der Waals surface area contributed by atoms with Crippen LogP contribution in [0.5, 0.6) is 5.75 Å². The molecule has 0 aliphatic heterocycles. The number of halogens is 1. The molecule has 2 nitrogen and oxygen atoms in total. The molecule has 0 saturated carbocycles. The van der Waals surface area contributed by atoms with Crippen molar-refractivity contribution in [1.82, 2.24) is 5.32 Å². The highest BCUT2D eigenvalue weighted by atomic mass is 79.9.